The van der Waals surface area contributed by atoms with Crippen LogP contribution in [0.15, 0.2) is 10.5 Å². The largest absolute Gasteiger partial charge is 0.323 e. The number of thiophene rings is 1. The van der Waals surface area contributed by atoms with E-state index in [0.29, 0.717) is 16.2 Å². The fourth-order valence-electron chi connectivity index (χ4n) is 6.82. The summed E-state index contributed by atoms with van der Waals surface area (Å²) in [6, 6.07) is 2.52. The van der Waals surface area contributed by atoms with Crippen molar-refractivity contribution in [2.75, 3.05) is 0 Å². The number of nitrogens with two attached hydrogens (primary N) is 1. The standard InChI is InChI=1S/C18H26BrNS/c1-11-13(19)4-14(21-11)15(20)18-7-12-5-16(2,9-18)8-17(3,6-12)10-18/h4,12,15H,5-10,20H2,1-3H3. The summed E-state index contributed by atoms with van der Waals surface area (Å²) in [7, 11) is 0. The van der Waals surface area contributed by atoms with Crippen LogP contribution in [0.2, 0.25) is 0 Å². The molecule has 3 unspecified atom stereocenters. The predicted molar refractivity (Wildman–Crippen MR) is 93.5 cm³/mol. The first-order chi connectivity index (χ1) is 9.73. The van der Waals surface area contributed by atoms with Crippen LogP contribution in [0.25, 0.3) is 0 Å². The summed E-state index contributed by atoms with van der Waals surface area (Å²) < 4.78 is 1.24. The van der Waals surface area contributed by atoms with Gasteiger partial charge in [0, 0.05) is 20.3 Å². The Morgan fingerprint density at radius 3 is 2.29 bits per heavy atom. The van der Waals surface area contributed by atoms with E-state index in [1.54, 1.807) is 0 Å². The highest BCUT2D eigenvalue weighted by atomic mass is 79.9. The predicted octanol–water partition coefficient (Wildman–Crippen LogP) is 5.82. The highest BCUT2D eigenvalue weighted by molar-refractivity contribution is 9.10. The highest BCUT2D eigenvalue weighted by Crippen LogP contribution is 2.72. The second kappa shape index (κ2) is 4.36. The summed E-state index contributed by atoms with van der Waals surface area (Å²) in [6.45, 7) is 7.26. The molecule has 0 saturated heterocycles. The molecule has 4 aliphatic carbocycles. The van der Waals surface area contributed by atoms with Gasteiger partial charge in [-0.3, -0.25) is 0 Å². The number of hydrogen-bond donors (Lipinski definition) is 1. The third-order valence-electron chi connectivity index (χ3n) is 6.51. The van der Waals surface area contributed by atoms with Crippen LogP contribution < -0.4 is 5.73 Å². The lowest BCUT2D eigenvalue weighted by atomic mass is 9.39. The van der Waals surface area contributed by atoms with Crippen molar-refractivity contribution < 1.29 is 0 Å². The lowest BCUT2D eigenvalue weighted by molar-refractivity contribution is -0.154. The monoisotopic (exact) mass is 367 g/mol. The van der Waals surface area contributed by atoms with E-state index >= 15 is 0 Å². The lowest BCUT2D eigenvalue weighted by Crippen LogP contribution is -2.57. The first-order valence-corrected chi connectivity index (χ1v) is 9.85. The third kappa shape index (κ3) is 2.18. The molecule has 4 bridgehead atoms. The molecule has 0 radical (unpaired) electrons. The number of rotatable bonds is 2. The van der Waals surface area contributed by atoms with Gasteiger partial charge in [-0.05, 0) is 89.6 Å². The molecule has 4 fully saturated rings. The summed E-state index contributed by atoms with van der Waals surface area (Å²) in [6.07, 6.45) is 8.39. The zero-order valence-electron chi connectivity index (χ0n) is 13.3. The molecular formula is C18H26BrNS. The van der Waals surface area contributed by atoms with E-state index in [0.717, 1.165) is 5.92 Å². The van der Waals surface area contributed by atoms with Crippen molar-refractivity contribution in [3.05, 3.63) is 20.3 Å². The van der Waals surface area contributed by atoms with E-state index in [1.165, 1.54) is 52.8 Å². The van der Waals surface area contributed by atoms with E-state index in [2.05, 4.69) is 42.8 Å². The molecule has 0 spiro atoms. The smallest absolute Gasteiger partial charge is 0.0447 e. The van der Waals surface area contributed by atoms with E-state index in [1.807, 2.05) is 11.3 Å². The van der Waals surface area contributed by atoms with Crippen LogP contribution in [0.1, 0.15) is 68.2 Å². The van der Waals surface area contributed by atoms with Gasteiger partial charge in [-0.15, -0.1) is 11.3 Å². The van der Waals surface area contributed by atoms with Crippen molar-refractivity contribution in [1.82, 2.24) is 0 Å². The maximum Gasteiger partial charge on any atom is 0.0447 e. The maximum absolute atomic E-state index is 6.88. The molecule has 5 rings (SSSR count). The fourth-order valence-corrected chi connectivity index (χ4v) is 8.52. The first kappa shape index (κ1) is 14.7. The van der Waals surface area contributed by atoms with Crippen LogP contribution in [0.4, 0.5) is 0 Å². The minimum absolute atomic E-state index is 0.231. The van der Waals surface area contributed by atoms with Crippen LogP contribution in [-0.2, 0) is 0 Å². The van der Waals surface area contributed by atoms with Crippen molar-refractivity contribution in [2.24, 2.45) is 27.9 Å². The third-order valence-corrected chi connectivity index (χ3v) is 8.73. The van der Waals surface area contributed by atoms with Gasteiger partial charge in [0.15, 0.2) is 0 Å². The first-order valence-electron chi connectivity index (χ1n) is 8.24. The molecule has 116 valence electrons. The Balaban J connectivity index is 1.73. The van der Waals surface area contributed by atoms with E-state index in [-0.39, 0.29) is 6.04 Å². The van der Waals surface area contributed by atoms with Crippen LogP contribution in [-0.4, -0.2) is 0 Å². The van der Waals surface area contributed by atoms with Crippen LogP contribution in [0.3, 0.4) is 0 Å². The normalized spacial score (nSPS) is 46.0. The average molecular weight is 368 g/mol. The van der Waals surface area contributed by atoms with Gasteiger partial charge in [0.2, 0.25) is 0 Å². The van der Waals surface area contributed by atoms with Crippen LogP contribution in [0.5, 0.6) is 0 Å². The second-order valence-electron chi connectivity index (χ2n) is 9.02. The summed E-state index contributed by atoms with van der Waals surface area (Å²) in [5.41, 5.74) is 8.35. The Kier molecular flexibility index (Phi) is 3.05. The van der Waals surface area contributed by atoms with Crippen LogP contribution in [0, 0.1) is 29.1 Å². The molecular weight excluding hydrogens is 342 g/mol. The van der Waals surface area contributed by atoms with Gasteiger partial charge >= 0.3 is 0 Å². The Labute approximate surface area is 140 Å². The molecule has 4 saturated carbocycles. The lowest BCUT2D eigenvalue weighted by Gasteiger charge is -2.66. The van der Waals surface area contributed by atoms with Gasteiger partial charge in [-0.25, -0.2) is 0 Å². The Morgan fingerprint density at radius 1 is 1.19 bits per heavy atom. The quantitative estimate of drug-likeness (QED) is 0.700. The molecule has 3 heteroatoms. The molecule has 1 heterocycles. The summed E-state index contributed by atoms with van der Waals surface area (Å²) >= 11 is 5.57. The highest BCUT2D eigenvalue weighted by Gasteiger charge is 2.61. The molecule has 3 atom stereocenters. The average Bonchev–Trinajstić information content (AvgIpc) is 2.64. The molecule has 0 aliphatic heterocycles. The topological polar surface area (TPSA) is 26.0 Å². The SMILES string of the molecule is Cc1sc(C(N)C23CC4CC(C)(CC(C)(C4)C2)C3)cc1Br. The number of hydrogen-bond acceptors (Lipinski definition) is 2. The van der Waals surface area contributed by atoms with Crippen molar-refractivity contribution in [1.29, 1.82) is 0 Å². The van der Waals surface area contributed by atoms with Crippen LogP contribution >= 0.6 is 27.3 Å². The van der Waals surface area contributed by atoms with Crippen molar-refractivity contribution in [2.45, 2.75) is 65.3 Å². The van der Waals surface area contributed by atoms with Crippen molar-refractivity contribution >= 4 is 27.3 Å². The number of aryl methyl sites for hydroxylation is 1. The zero-order valence-corrected chi connectivity index (χ0v) is 15.7. The van der Waals surface area contributed by atoms with Gasteiger partial charge in [-0.2, -0.15) is 0 Å². The van der Waals surface area contributed by atoms with E-state index < -0.39 is 0 Å². The Hall–Kier alpha value is 0.140. The minimum atomic E-state index is 0.231. The zero-order chi connectivity index (χ0) is 15.0. The van der Waals surface area contributed by atoms with Gasteiger partial charge in [0.25, 0.3) is 0 Å². The van der Waals surface area contributed by atoms with Crippen molar-refractivity contribution in [3.63, 3.8) is 0 Å². The Morgan fingerprint density at radius 2 is 1.81 bits per heavy atom. The van der Waals surface area contributed by atoms with Gasteiger partial charge in [0.1, 0.15) is 0 Å². The molecule has 0 aromatic carbocycles. The fraction of sp³-hybridized carbons (Fsp3) is 0.778. The van der Waals surface area contributed by atoms with E-state index in [9.17, 15) is 0 Å². The molecule has 1 nitrogen and oxygen atoms in total. The van der Waals surface area contributed by atoms with Gasteiger partial charge in [0.05, 0.1) is 0 Å². The van der Waals surface area contributed by atoms with Gasteiger partial charge < -0.3 is 5.73 Å². The maximum atomic E-state index is 6.88. The second-order valence-corrected chi connectivity index (χ2v) is 11.2. The van der Waals surface area contributed by atoms with Crippen molar-refractivity contribution in [3.8, 4) is 0 Å². The van der Waals surface area contributed by atoms with Gasteiger partial charge in [-0.1, -0.05) is 13.8 Å². The molecule has 2 N–H and O–H groups in total. The summed E-state index contributed by atoms with van der Waals surface area (Å²) in [5.74, 6) is 0.923. The molecule has 4 aliphatic rings. The Bertz CT molecular complexity index is 555. The summed E-state index contributed by atoms with van der Waals surface area (Å²) in [5, 5.41) is 0. The molecule has 1 aromatic rings. The molecule has 1 aromatic heterocycles. The molecule has 0 amide bonds. The minimum Gasteiger partial charge on any atom is -0.323 e. The molecule has 21 heavy (non-hydrogen) atoms. The number of halogens is 1. The van der Waals surface area contributed by atoms with E-state index in [4.69, 9.17) is 5.73 Å². The summed E-state index contributed by atoms with van der Waals surface area (Å²) in [4.78, 5) is 2.76.